The molecule has 56 valence electrons. The number of hydrogen-bond acceptors (Lipinski definition) is 2. The van der Waals surface area contributed by atoms with E-state index in [2.05, 4.69) is 10.3 Å². The molecule has 0 aromatic carbocycles. The lowest BCUT2D eigenvalue weighted by Crippen LogP contribution is -2.16. The van der Waals surface area contributed by atoms with E-state index in [1.807, 2.05) is 18.5 Å². The van der Waals surface area contributed by atoms with Crippen molar-refractivity contribution in [2.45, 2.75) is 12.8 Å². The number of aromatic nitrogens is 1. The highest BCUT2D eigenvalue weighted by atomic mass is 32.1. The summed E-state index contributed by atoms with van der Waals surface area (Å²) in [5, 5.41) is 3.13. The minimum Gasteiger partial charge on any atom is -0.349 e. The Morgan fingerprint density at radius 1 is 1.45 bits per heavy atom. The van der Waals surface area contributed by atoms with Crippen LogP contribution < -0.4 is 5.32 Å². The van der Waals surface area contributed by atoms with Crippen molar-refractivity contribution < 1.29 is 0 Å². The third-order valence-electron chi connectivity index (χ3n) is 1.81. The Balaban J connectivity index is 2.41. The molecule has 11 heavy (non-hydrogen) atoms. The molecule has 0 fully saturated rings. The van der Waals surface area contributed by atoms with Crippen molar-refractivity contribution in [1.29, 1.82) is 0 Å². The van der Waals surface area contributed by atoms with E-state index >= 15 is 0 Å². The Hall–Kier alpha value is -0.960. The molecule has 0 amide bonds. The SMILES string of the molecule is S=C1CCc2ccncc2N1. The molecule has 1 aromatic heterocycles. The summed E-state index contributed by atoms with van der Waals surface area (Å²) in [6.07, 6.45) is 5.64. The van der Waals surface area contributed by atoms with Gasteiger partial charge in [-0.1, -0.05) is 12.2 Å². The normalized spacial score (nSPS) is 15.5. The lowest BCUT2D eigenvalue weighted by molar-refractivity contribution is 1.02. The van der Waals surface area contributed by atoms with E-state index in [4.69, 9.17) is 12.2 Å². The van der Waals surface area contributed by atoms with Crippen LogP contribution in [-0.4, -0.2) is 9.97 Å². The van der Waals surface area contributed by atoms with Gasteiger partial charge in [0.2, 0.25) is 0 Å². The second-order valence-electron chi connectivity index (χ2n) is 2.58. The number of pyridine rings is 1. The maximum absolute atomic E-state index is 5.04. The van der Waals surface area contributed by atoms with E-state index in [0.29, 0.717) is 0 Å². The first kappa shape index (κ1) is 6.73. The quantitative estimate of drug-likeness (QED) is 0.591. The first-order valence-electron chi connectivity index (χ1n) is 3.59. The molecule has 2 rings (SSSR count). The van der Waals surface area contributed by atoms with Gasteiger partial charge in [-0.3, -0.25) is 4.98 Å². The molecule has 0 saturated carbocycles. The highest BCUT2D eigenvalue weighted by Gasteiger charge is 2.10. The zero-order valence-corrected chi connectivity index (χ0v) is 6.82. The molecule has 1 aliphatic heterocycles. The highest BCUT2D eigenvalue weighted by Crippen LogP contribution is 2.20. The summed E-state index contributed by atoms with van der Waals surface area (Å²) in [5.41, 5.74) is 2.39. The number of thiocarbonyl (C=S) groups is 1. The predicted octanol–water partition coefficient (Wildman–Crippen LogP) is 1.77. The van der Waals surface area contributed by atoms with Gasteiger partial charge in [-0.2, -0.15) is 0 Å². The fourth-order valence-corrected chi connectivity index (χ4v) is 1.43. The number of anilines is 1. The molecule has 0 bridgehead atoms. The molecule has 3 heteroatoms. The summed E-state index contributed by atoms with van der Waals surface area (Å²) in [5.74, 6) is 0. The third-order valence-corrected chi connectivity index (χ3v) is 2.11. The summed E-state index contributed by atoms with van der Waals surface area (Å²) >= 11 is 5.04. The van der Waals surface area contributed by atoms with Crippen molar-refractivity contribution in [3.63, 3.8) is 0 Å². The number of hydrogen-bond donors (Lipinski definition) is 1. The van der Waals surface area contributed by atoms with Crippen LogP contribution in [0.3, 0.4) is 0 Å². The monoisotopic (exact) mass is 164 g/mol. The third kappa shape index (κ3) is 1.24. The van der Waals surface area contributed by atoms with Crippen LogP contribution in [0.25, 0.3) is 0 Å². The Kier molecular flexibility index (Phi) is 1.58. The molecule has 0 atom stereocenters. The summed E-state index contributed by atoms with van der Waals surface area (Å²) in [4.78, 5) is 4.93. The van der Waals surface area contributed by atoms with Crippen molar-refractivity contribution in [2.24, 2.45) is 0 Å². The molecule has 2 nitrogen and oxygen atoms in total. The van der Waals surface area contributed by atoms with Crippen molar-refractivity contribution in [3.8, 4) is 0 Å². The van der Waals surface area contributed by atoms with Crippen LogP contribution in [0, 0.1) is 0 Å². The molecule has 1 N–H and O–H groups in total. The summed E-state index contributed by atoms with van der Waals surface area (Å²) in [6, 6.07) is 2.03. The van der Waals surface area contributed by atoms with Crippen molar-refractivity contribution in [2.75, 3.05) is 5.32 Å². The van der Waals surface area contributed by atoms with Crippen molar-refractivity contribution >= 4 is 22.9 Å². The smallest absolute Gasteiger partial charge is 0.0801 e. The predicted molar refractivity (Wildman–Crippen MR) is 48.8 cm³/mol. The van der Waals surface area contributed by atoms with Gasteiger partial charge in [0.15, 0.2) is 0 Å². The Bertz CT molecular complexity index is 296. The lowest BCUT2D eigenvalue weighted by atomic mass is 10.1. The summed E-state index contributed by atoms with van der Waals surface area (Å²) in [6.45, 7) is 0. The number of aryl methyl sites for hydroxylation is 1. The Morgan fingerprint density at radius 3 is 3.27 bits per heavy atom. The molecule has 1 aromatic rings. The van der Waals surface area contributed by atoms with Gasteiger partial charge in [0.05, 0.1) is 16.9 Å². The van der Waals surface area contributed by atoms with Crippen LogP contribution in [0.1, 0.15) is 12.0 Å². The molecular formula is C8H8N2S. The maximum atomic E-state index is 5.04. The Morgan fingerprint density at radius 2 is 2.36 bits per heavy atom. The highest BCUT2D eigenvalue weighted by molar-refractivity contribution is 7.80. The van der Waals surface area contributed by atoms with E-state index in [9.17, 15) is 0 Å². The van der Waals surface area contributed by atoms with Gasteiger partial charge in [0.25, 0.3) is 0 Å². The van der Waals surface area contributed by atoms with Gasteiger partial charge < -0.3 is 5.32 Å². The molecule has 0 unspecified atom stereocenters. The minimum absolute atomic E-state index is 0.922. The van der Waals surface area contributed by atoms with E-state index in [0.717, 1.165) is 23.5 Å². The number of rotatable bonds is 0. The van der Waals surface area contributed by atoms with Crippen molar-refractivity contribution in [3.05, 3.63) is 24.0 Å². The molecule has 0 radical (unpaired) electrons. The molecule has 1 aliphatic rings. The number of fused-ring (bicyclic) bond motifs is 1. The number of nitrogens with zero attached hydrogens (tertiary/aromatic N) is 1. The van der Waals surface area contributed by atoms with E-state index in [1.54, 1.807) is 0 Å². The van der Waals surface area contributed by atoms with Crippen LogP contribution in [0.4, 0.5) is 5.69 Å². The molecule has 0 saturated heterocycles. The van der Waals surface area contributed by atoms with Gasteiger partial charge in [0.1, 0.15) is 0 Å². The first-order chi connectivity index (χ1) is 5.36. The average molecular weight is 164 g/mol. The largest absolute Gasteiger partial charge is 0.349 e. The first-order valence-corrected chi connectivity index (χ1v) is 4.00. The van der Waals surface area contributed by atoms with Crippen LogP contribution in [0.5, 0.6) is 0 Å². The average Bonchev–Trinajstić information content (AvgIpc) is 2.04. The van der Waals surface area contributed by atoms with Crippen molar-refractivity contribution in [1.82, 2.24) is 4.98 Å². The second kappa shape index (κ2) is 2.58. The summed E-state index contributed by atoms with van der Waals surface area (Å²) < 4.78 is 0. The Labute approximate surface area is 70.6 Å². The van der Waals surface area contributed by atoms with Gasteiger partial charge in [-0.05, 0) is 18.1 Å². The molecule has 0 aliphatic carbocycles. The second-order valence-corrected chi connectivity index (χ2v) is 3.07. The van der Waals surface area contributed by atoms with Crippen LogP contribution in [0.15, 0.2) is 18.5 Å². The zero-order valence-electron chi connectivity index (χ0n) is 6.00. The standard InChI is InChI=1S/C8H8N2S/c11-8-2-1-6-3-4-9-5-7(6)10-8/h3-5H,1-2H2,(H,10,11). The van der Waals surface area contributed by atoms with Crippen LogP contribution >= 0.6 is 12.2 Å². The summed E-state index contributed by atoms with van der Waals surface area (Å²) in [7, 11) is 0. The van der Waals surface area contributed by atoms with Gasteiger partial charge in [-0.15, -0.1) is 0 Å². The molecular weight excluding hydrogens is 156 g/mol. The van der Waals surface area contributed by atoms with E-state index < -0.39 is 0 Å². The van der Waals surface area contributed by atoms with Gasteiger partial charge >= 0.3 is 0 Å². The minimum atomic E-state index is 0.922. The van der Waals surface area contributed by atoms with Crippen LogP contribution in [-0.2, 0) is 6.42 Å². The van der Waals surface area contributed by atoms with Crippen LogP contribution in [0.2, 0.25) is 0 Å². The fourth-order valence-electron chi connectivity index (χ4n) is 1.21. The van der Waals surface area contributed by atoms with Gasteiger partial charge in [0, 0.05) is 12.6 Å². The fraction of sp³-hybridized carbons (Fsp3) is 0.250. The lowest BCUT2D eigenvalue weighted by Gasteiger charge is -2.17. The zero-order chi connectivity index (χ0) is 7.68. The topological polar surface area (TPSA) is 24.9 Å². The molecule has 2 heterocycles. The van der Waals surface area contributed by atoms with E-state index in [1.165, 1.54) is 5.56 Å². The van der Waals surface area contributed by atoms with Gasteiger partial charge in [-0.25, -0.2) is 0 Å². The molecule has 0 spiro atoms. The number of nitrogens with one attached hydrogen (secondary N) is 1. The van der Waals surface area contributed by atoms with E-state index in [-0.39, 0.29) is 0 Å². The maximum Gasteiger partial charge on any atom is 0.0801 e.